The van der Waals surface area contributed by atoms with Crippen molar-refractivity contribution in [3.8, 4) is 5.75 Å². The molecule has 1 N–H and O–H groups in total. The zero-order valence-corrected chi connectivity index (χ0v) is 15.2. The summed E-state index contributed by atoms with van der Waals surface area (Å²) in [5.74, 6) is 0.351. The number of imide groups is 1. The molecule has 3 rings (SSSR count). The molecule has 0 radical (unpaired) electrons. The third-order valence-corrected chi connectivity index (χ3v) is 4.71. The fourth-order valence-corrected chi connectivity index (χ4v) is 3.49. The van der Waals surface area contributed by atoms with Crippen molar-refractivity contribution in [2.45, 2.75) is 13.8 Å². The monoisotopic (exact) mass is 356 g/mol. The van der Waals surface area contributed by atoms with Crippen LogP contribution >= 0.6 is 11.3 Å². The molecule has 2 heterocycles. The minimum Gasteiger partial charge on any atom is -0.497 e. The van der Waals surface area contributed by atoms with E-state index in [0.717, 1.165) is 4.88 Å². The van der Waals surface area contributed by atoms with E-state index in [-0.39, 0.29) is 17.7 Å². The van der Waals surface area contributed by atoms with Gasteiger partial charge in [-0.25, -0.2) is 0 Å². The topological polar surface area (TPSA) is 58.6 Å². The third-order valence-electron chi connectivity index (χ3n) is 3.82. The smallest absolute Gasteiger partial charge is 0.278 e. The molecule has 130 valence electrons. The molecule has 0 atom stereocenters. The third kappa shape index (κ3) is 3.44. The lowest BCUT2D eigenvalue weighted by molar-refractivity contribution is -0.137. The van der Waals surface area contributed by atoms with Crippen molar-refractivity contribution < 1.29 is 14.3 Å². The lowest BCUT2D eigenvalue weighted by Crippen LogP contribution is -2.35. The molecule has 5 nitrogen and oxygen atoms in total. The number of rotatable bonds is 6. The molecule has 0 unspecified atom stereocenters. The summed E-state index contributed by atoms with van der Waals surface area (Å²) < 4.78 is 5.22. The van der Waals surface area contributed by atoms with Crippen LogP contribution in [-0.2, 0) is 9.59 Å². The standard InChI is InChI=1S/C19H20N2O3S/c1-12(2)11-21-18(22)16(15-8-5-9-25-15)17(19(21)23)20-13-6-4-7-14(10-13)24-3/h4-10,12,20H,11H2,1-3H3. The highest BCUT2D eigenvalue weighted by Crippen LogP contribution is 2.33. The Morgan fingerprint density at radius 3 is 2.60 bits per heavy atom. The first-order valence-electron chi connectivity index (χ1n) is 8.06. The van der Waals surface area contributed by atoms with Crippen LogP contribution in [0.2, 0.25) is 0 Å². The molecule has 6 heteroatoms. The quantitative estimate of drug-likeness (QED) is 0.804. The molecule has 0 aliphatic carbocycles. The van der Waals surface area contributed by atoms with Crippen LogP contribution in [-0.4, -0.2) is 30.4 Å². The summed E-state index contributed by atoms with van der Waals surface area (Å²) in [5.41, 5.74) is 1.46. The summed E-state index contributed by atoms with van der Waals surface area (Å²) in [5, 5.41) is 5.03. The van der Waals surface area contributed by atoms with Gasteiger partial charge in [0.15, 0.2) is 0 Å². The van der Waals surface area contributed by atoms with E-state index in [2.05, 4.69) is 5.32 Å². The van der Waals surface area contributed by atoms with Crippen molar-refractivity contribution in [1.29, 1.82) is 0 Å². The van der Waals surface area contributed by atoms with Crippen molar-refractivity contribution in [3.63, 3.8) is 0 Å². The largest absolute Gasteiger partial charge is 0.497 e. The summed E-state index contributed by atoms with van der Waals surface area (Å²) in [4.78, 5) is 27.8. The van der Waals surface area contributed by atoms with Gasteiger partial charge in [0, 0.05) is 23.2 Å². The lowest BCUT2D eigenvalue weighted by Gasteiger charge is -2.17. The van der Waals surface area contributed by atoms with Gasteiger partial charge in [-0.3, -0.25) is 14.5 Å². The van der Waals surface area contributed by atoms with Gasteiger partial charge in [-0.2, -0.15) is 0 Å². The predicted molar refractivity (Wildman–Crippen MR) is 99.4 cm³/mol. The van der Waals surface area contributed by atoms with Gasteiger partial charge in [0.2, 0.25) is 0 Å². The minimum atomic E-state index is -0.287. The van der Waals surface area contributed by atoms with Crippen LogP contribution in [0.15, 0.2) is 47.5 Å². The zero-order chi connectivity index (χ0) is 18.0. The summed E-state index contributed by atoms with van der Waals surface area (Å²) in [6.07, 6.45) is 0. The molecule has 1 aliphatic heterocycles. The molecule has 25 heavy (non-hydrogen) atoms. The molecular formula is C19H20N2O3S. The molecule has 2 amide bonds. The van der Waals surface area contributed by atoms with Gasteiger partial charge in [0.05, 0.1) is 12.7 Å². The molecular weight excluding hydrogens is 336 g/mol. The van der Waals surface area contributed by atoms with Crippen LogP contribution in [0.3, 0.4) is 0 Å². The van der Waals surface area contributed by atoms with Crippen molar-refractivity contribution in [2.24, 2.45) is 5.92 Å². The number of ether oxygens (including phenoxy) is 1. The normalized spacial score (nSPS) is 14.6. The highest BCUT2D eigenvalue weighted by molar-refractivity contribution is 7.11. The first-order chi connectivity index (χ1) is 12.0. The van der Waals surface area contributed by atoms with Crippen LogP contribution in [0, 0.1) is 5.92 Å². The molecule has 1 aliphatic rings. The number of carbonyl (C=O) groups excluding carboxylic acids is 2. The Morgan fingerprint density at radius 2 is 1.96 bits per heavy atom. The maximum atomic E-state index is 12.9. The highest BCUT2D eigenvalue weighted by atomic mass is 32.1. The number of hydrogen-bond acceptors (Lipinski definition) is 5. The number of hydrogen-bond donors (Lipinski definition) is 1. The summed E-state index contributed by atoms with van der Waals surface area (Å²) >= 11 is 1.45. The first-order valence-corrected chi connectivity index (χ1v) is 8.94. The summed E-state index contributed by atoms with van der Waals surface area (Å²) in [7, 11) is 1.59. The van der Waals surface area contributed by atoms with Crippen LogP contribution in [0.4, 0.5) is 5.69 Å². The maximum Gasteiger partial charge on any atom is 0.278 e. The van der Waals surface area contributed by atoms with Crippen LogP contribution < -0.4 is 10.1 Å². The van der Waals surface area contributed by atoms with E-state index in [9.17, 15) is 9.59 Å². The molecule has 0 bridgehead atoms. The molecule has 0 saturated carbocycles. The fraction of sp³-hybridized carbons (Fsp3) is 0.263. The Balaban J connectivity index is 2.01. The Hall–Kier alpha value is -2.60. The first kappa shape index (κ1) is 17.2. The molecule has 1 aromatic carbocycles. The Kier molecular flexibility index (Phi) is 4.90. The number of anilines is 1. The average Bonchev–Trinajstić information content (AvgIpc) is 3.18. The number of amides is 2. The maximum absolute atomic E-state index is 12.9. The van der Waals surface area contributed by atoms with Gasteiger partial charge >= 0.3 is 0 Å². The van der Waals surface area contributed by atoms with Crippen molar-refractivity contribution in [1.82, 2.24) is 4.90 Å². The highest BCUT2D eigenvalue weighted by Gasteiger charge is 2.39. The number of nitrogens with one attached hydrogen (secondary N) is 1. The molecule has 0 fully saturated rings. The van der Waals surface area contributed by atoms with Crippen molar-refractivity contribution in [3.05, 3.63) is 52.4 Å². The molecule has 0 spiro atoms. The predicted octanol–water partition coefficient (Wildman–Crippen LogP) is 3.60. The van der Waals surface area contributed by atoms with E-state index < -0.39 is 0 Å². The van der Waals surface area contributed by atoms with E-state index in [1.54, 1.807) is 13.2 Å². The van der Waals surface area contributed by atoms with E-state index in [0.29, 0.717) is 29.3 Å². The van der Waals surface area contributed by atoms with Gasteiger partial charge in [-0.15, -0.1) is 11.3 Å². The summed E-state index contributed by atoms with van der Waals surface area (Å²) in [6.45, 7) is 4.37. The molecule has 0 saturated heterocycles. The average molecular weight is 356 g/mol. The van der Waals surface area contributed by atoms with Crippen molar-refractivity contribution in [2.75, 3.05) is 19.0 Å². The Morgan fingerprint density at radius 1 is 1.16 bits per heavy atom. The van der Waals surface area contributed by atoms with E-state index >= 15 is 0 Å². The minimum absolute atomic E-state index is 0.202. The number of carbonyl (C=O) groups is 2. The van der Waals surface area contributed by atoms with E-state index in [1.807, 2.05) is 49.6 Å². The second-order valence-corrected chi connectivity index (χ2v) is 7.15. The van der Waals surface area contributed by atoms with Crippen LogP contribution in [0.5, 0.6) is 5.75 Å². The number of thiophene rings is 1. The SMILES string of the molecule is COc1cccc(NC2=C(c3cccs3)C(=O)N(CC(C)C)C2=O)c1. The number of benzene rings is 1. The van der Waals surface area contributed by atoms with Gasteiger partial charge in [0.1, 0.15) is 11.4 Å². The number of nitrogens with zero attached hydrogens (tertiary/aromatic N) is 1. The fourth-order valence-electron chi connectivity index (χ4n) is 2.72. The number of methoxy groups -OCH3 is 1. The van der Waals surface area contributed by atoms with Gasteiger partial charge in [-0.05, 0) is 29.5 Å². The van der Waals surface area contributed by atoms with E-state index in [1.165, 1.54) is 16.2 Å². The van der Waals surface area contributed by atoms with Gasteiger partial charge < -0.3 is 10.1 Å². The Labute approximate surface area is 150 Å². The second-order valence-electron chi connectivity index (χ2n) is 6.20. The van der Waals surface area contributed by atoms with Crippen LogP contribution in [0.25, 0.3) is 5.57 Å². The van der Waals surface area contributed by atoms with Crippen molar-refractivity contribution >= 4 is 34.4 Å². The Bertz CT molecular complexity index is 825. The van der Waals surface area contributed by atoms with E-state index in [4.69, 9.17) is 4.74 Å². The zero-order valence-electron chi connectivity index (χ0n) is 14.4. The van der Waals surface area contributed by atoms with Gasteiger partial charge in [-0.1, -0.05) is 26.0 Å². The second kappa shape index (κ2) is 7.11. The van der Waals surface area contributed by atoms with Crippen LogP contribution in [0.1, 0.15) is 18.7 Å². The van der Waals surface area contributed by atoms with Gasteiger partial charge in [0.25, 0.3) is 11.8 Å². The molecule has 1 aromatic heterocycles. The lowest BCUT2D eigenvalue weighted by atomic mass is 10.1. The summed E-state index contributed by atoms with van der Waals surface area (Å²) in [6, 6.07) is 11.0. The molecule has 2 aromatic rings.